The quantitative estimate of drug-likeness (QED) is 0.118. The molecule has 3 aromatic rings. The Kier molecular flexibility index (Phi) is 10.3. The number of ether oxygens (including phenoxy) is 6. The normalized spacial score (nSPS) is 37.6. The molecular weight excluding hydrogens is 672 g/mol. The smallest absolute Gasteiger partial charge is 0.239 e. The molecule has 6 rings (SSSR count). The Morgan fingerprint density at radius 3 is 1.92 bits per heavy atom. The van der Waals surface area contributed by atoms with Crippen molar-refractivity contribution in [2.24, 2.45) is 0 Å². The lowest BCUT2D eigenvalue weighted by Crippen LogP contribution is -2.59. The van der Waals surface area contributed by atoms with Crippen molar-refractivity contribution in [3.05, 3.63) is 46.6 Å². The summed E-state index contributed by atoms with van der Waals surface area (Å²) < 4.78 is 40.0. The van der Waals surface area contributed by atoms with Gasteiger partial charge in [-0.25, -0.2) is 0 Å². The highest BCUT2D eigenvalue weighted by molar-refractivity contribution is 5.88. The maximum Gasteiger partial charge on any atom is 0.239 e. The first-order chi connectivity index (χ1) is 23.7. The highest BCUT2D eigenvalue weighted by atomic mass is 16.8. The average molecular weight is 711 g/mol. The molecule has 18 heteroatoms. The molecule has 10 N–H and O–H groups in total. The summed E-state index contributed by atoms with van der Waals surface area (Å²) in [7, 11) is 0. The van der Waals surface area contributed by atoms with E-state index in [1.165, 1.54) is 44.2 Å². The molecule has 18 nitrogen and oxygen atoms in total. The van der Waals surface area contributed by atoms with E-state index in [2.05, 4.69) is 0 Å². The fraction of sp³-hybridized carbons (Fsp3) is 0.531. The van der Waals surface area contributed by atoms with Crippen LogP contribution in [0.4, 0.5) is 0 Å². The molecule has 0 saturated carbocycles. The Morgan fingerprint density at radius 2 is 1.30 bits per heavy atom. The van der Waals surface area contributed by atoms with Gasteiger partial charge in [-0.1, -0.05) is 0 Å². The maximum atomic E-state index is 14.1. The van der Waals surface area contributed by atoms with E-state index in [-0.39, 0.29) is 28.4 Å². The zero-order chi connectivity index (χ0) is 36.2. The Labute approximate surface area is 282 Å². The van der Waals surface area contributed by atoms with Gasteiger partial charge in [0.2, 0.25) is 23.8 Å². The third kappa shape index (κ3) is 6.61. The van der Waals surface area contributed by atoms with Gasteiger partial charge in [-0.05, 0) is 38.1 Å². The number of rotatable bonds is 8. The largest absolute Gasteiger partial charge is 0.508 e. The van der Waals surface area contributed by atoms with Crippen LogP contribution in [-0.4, -0.2) is 144 Å². The van der Waals surface area contributed by atoms with E-state index in [0.717, 1.165) is 6.07 Å². The summed E-state index contributed by atoms with van der Waals surface area (Å²) in [5.74, 6) is -1.83. The van der Waals surface area contributed by atoms with Gasteiger partial charge in [0.15, 0.2) is 18.2 Å². The SMILES string of the molecule is C[C@@H]1O[C@@H](Oc2cc(O)c3c(=O)c(O[C@@H]4O[C@@H](CO)[C@H](O)[C@H]4O[C@@H]4O[C@@H](C)[C@H](O)[C@@H](O)[C@H]4O)c(-c4ccc(O)cc4)oc3c2)[C@H](O)[C@H](O)[C@H]1O. The predicted octanol–water partition coefficient (Wildman–Crippen LogP) is -2.25. The minimum atomic E-state index is -1.79. The van der Waals surface area contributed by atoms with Crippen LogP contribution in [0, 0.1) is 0 Å². The van der Waals surface area contributed by atoms with Crippen molar-refractivity contribution in [1.82, 2.24) is 0 Å². The lowest BCUT2D eigenvalue weighted by atomic mass is 10.00. The summed E-state index contributed by atoms with van der Waals surface area (Å²) in [6.07, 6.45) is -20.9. The number of aromatic hydroxyl groups is 2. The van der Waals surface area contributed by atoms with Gasteiger partial charge >= 0.3 is 0 Å². The maximum absolute atomic E-state index is 14.1. The molecule has 3 fully saturated rings. The second-order valence-electron chi connectivity index (χ2n) is 12.4. The Bertz CT molecular complexity index is 1710. The van der Waals surface area contributed by atoms with Crippen LogP contribution in [0.1, 0.15) is 13.8 Å². The molecule has 0 aliphatic carbocycles. The van der Waals surface area contributed by atoms with Crippen molar-refractivity contribution >= 4 is 11.0 Å². The fourth-order valence-electron chi connectivity index (χ4n) is 5.97. The van der Waals surface area contributed by atoms with Crippen LogP contribution in [0.2, 0.25) is 0 Å². The van der Waals surface area contributed by atoms with Crippen LogP contribution in [0.5, 0.6) is 23.0 Å². The summed E-state index contributed by atoms with van der Waals surface area (Å²) in [5, 5.41) is 103. The van der Waals surface area contributed by atoms with E-state index in [1.54, 1.807) is 0 Å². The molecule has 1 aromatic heterocycles. The minimum Gasteiger partial charge on any atom is -0.508 e. The molecule has 3 aliphatic heterocycles. The standard InChI is InChI=1S/C32H38O18/c1-10-19(36)23(40)25(42)30(44-10)46-14-7-15(35)18-16(8-14)47-27(12-3-5-13(34)6-4-12)28(22(18)39)49-32-29(21(38)17(9-33)48-32)50-31-26(43)24(41)20(37)11(2)45-31/h3-8,10-11,17,19-21,23-26,29-38,40-43H,9H2,1-2H3/t10-,11-,17-,19-,20-,21-,23+,24+,25+,26+,29+,30-,31-,32-/m0/s1. The van der Waals surface area contributed by atoms with Gasteiger partial charge < -0.3 is 83.9 Å². The van der Waals surface area contributed by atoms with E-state index in [4.69, 9.17) is 32.8 Å². The van der Waals surface area contributed by atoms with Gasteiger partial charge in [0.05, 0.1) is 18.8 Å². The first kappa shape index (κ1) is 36.2. The van der Waals surface area contributed by atoms with Crippen molar-refractivity contribution < 1.29 is 83.9 Å². The number of fused-ring (bicyclic) bond motifs is 1. The molecule has 2 aromatic carbocycles. The molecule has 0 unspecified atom stereocenters. The summed E-state index contributed by atoms with van der Waals surface area (Å²) in [5.41, 5.74) is -1.05. The van der Waals surface area contributed by atoms with Crippen molar-refractivity contribution in [2.45, 2.75) is 99.9 Å². The molecule has 274 valence electrons. The van der Waals surface area contributed by atoms with Gasteiger partial charge in [0, 0.05) is 17.7 Å². The molecule has 50 heavy (non-hydrogen) atoms. The Balaban J connectivity index is 1.38. The number of phenolic OH excluding ortho intramolecular Hbond substituents is 2. The zero-order valence-electron chi connectivity index (χ0n) is 26.5. The second kappa shape index (κ2) is 14.2. The lowest BCUT2D eigenvalue weighted by Gasteiger charge is -2.40. The number of benzene rings is 2. The Hall–Kier alpha value is -3.63. The number of aliphatic hydroxyl groups is 8. The van der Waals surface area contributed by atoms with E-state index in [0.29, 0.717) is 0 Å². The summed E-state index contributed by atoms with van der Waals surface area (Å²) in [6.45, 7) is 2.12. The average Bonchev–Trinajstić information content (AvgIpc) is 3.38. The number of aliphatic hydroxyl groups excluding tert-OH is 8. The monoisotopic (exact) mass is 710 g/mol. The molecule has 0 spiro atoms. The van der Waals surface area contributed by atoms with E-state index in [9.17, 15) is 55.9 Å². The van der Waals surface area contributed by atoms with Gasteiger partial charge in [0.1, 0.15) is 77.0 Å². The molecule has 3 saturated heterocycles. The van der Waals surface area contributed by atoms with Crippen molar-refractivity contribution in [2.75, 3.05) is 6.61 Å². The second-order valence-corrected chi connectivity index (χ2v) is 12.4. The van der Waals surface area contributed by atoms with Crippen LogP contribution in [-0.2, 0) is 18.9 Å². The summed E-state index contributed by atoms with van der Waals surface area (Å²) >= 11 is 0. The van der Waals surface area contributed by atoms with Crippen LogP contribution in [0.3, 0.4) is 0 Å². The van der Waals surface area contributed by atoms with Crippen LogP contribution in [0.25, 0.3) is 22.3 Å². The first-order valence-corrected chi connectivity index (χ1v) is 15.7. The number of hydrogen-bond donors (Lipinski definition) is 10. The van der Waals surface area contributed by atoms with Crippen molar-refractivity contribution in [1.29, 1.82) is 0 Å². The van der Waals surface area contributed by atoms with Gasteiger partial charge in [-0.2, -0.15) is 0 Å². The van der Waals surface area contributed by atoms with E-state index in [1.807, 2.05) is 0 Å². The lowest BCUT2D eigenvalue weighted by molar-refractivity contribution is -0.316. The van der Waals surface area contributed by atoms with Gasteiger partial charge in [-0.3, -0.25) is 4.79 Å². The molecule has 0 bridgehead atoms. The van der Waals surface area contributed by atoms with Crippen LogP contribution >= 0.6 is 0 Å². The van der Waals surface area contributed by atoms with Crippen molar-refractivity contribution in [3.8, 4) is 34.3 Å². The fourth-order valence-corrected chi connectivity index (χ4v) is 5.97. The Morgan fingerprint density at radius 1 is 0.700 bits per heavy atom. The van der Waals surface area contributed by atoms with Gasteiger partial charge in [0.25, 0.3) is 0 Å². The highest BCUT2D eigenvalue weighted by Crippen LogP contribution is 2.39. The molecule has 3 aliphatic rings. The van der Waals surface area contributed by atoms with E-state index >= 15 is 0 Å². The molecular formula is C32H38O18. The van der Waals surface area contributed by atoms with Crippen LogP contribution in [0.15, 0.2) is 45.6 Å². The first-order valence-electron chi connectivity index (χ1n) is 15.7. The molecule has 0 amide bonds. The number of phenols is 2. The molecule has 0 radical (unpaired) electrons. The van der Waals surface area contributed by atoms with Gasteiger partial charge in [-0.15, -0.1) is 0 Å². The minimum absolute atomic E-state index is 0.130. The van der Waals surface area contributed by atoms with Crippen molar-refractivity contribution in [3.63, 3.8) is 0 Å². The highest BCUT2D eigenvalue weighted by Gasteiger charge is 2.51. The van der Waals surface area contributed by atoms with Crippen LogP contribution < -0.4 is 14.9 Å². The van der Waals surface area contributed by atoms with E-state index < -0.39 is 115 Å². The predicted molar refractivity (Wildman–Crippen MR) is 164 cm³/mol. The topological polar surface area (TPSA) is 288 Å². The molecule has 14 atom stereocenters. The summed E-state index contributed by atoms with van der Waals surface area (Å²) in [6, 6.07) is 7.52. The number of hydrogen-bond acceptors (Lipinski definition) is 18. The molecule has 4 heterocycles. The zero-order valence-corrected chi connectivity index (χ0v) is 26.5. The third-order valence-electron chi connectivity index (χ3n) is 8.90. The summed E-state index contributed by atoms with van der Waals surface area (Å²) in [4.78, 5) is 14.1. The third-order valence-corrected chi connectivity index (χ3v) is 8.90.